The Hall–Kier alpha value is -14.0. The summed E-state index contributed by atoms with van der Waals surface area (Å²) in [6.07, 6.45) is -10.7. The van der Waals surface area contributed by atoms with Gasteiger partial charge in [0, 0.05) is 38.4 Å². The third kappa shape index (κ3) is 10.3. The first-order valence-corrected chi connectivity index (χ1v) is 28.3. The lowest BCUT2D eigenvalue weighted by atomic mass is 9.86. The second-order valence-electron chi connectivity index (χ2n) is 22.0. The van der Waals surface area contributed by atoms with Crippen molar-refractivity contribution in [2.24, 2.45) is 0 Å². The Balaban J connectivity index is 1.14. The molecular formula is C77H33F6N11. The van der Waals surface area contributed by atoms with Crippen molar-refractivity contribution in [2.75, 3.05) is 0 Å². The summed E-state index contributed by atoms with van der Waals surface area (Å²) >= 11 is 0. The summed E-state index contributed by atoms with van der Waals surface area (Å²) in [5.74, 6) is 0. The van der Waals surface area contributed by atoms with E-state index in [0.29, 0.717) is 106 Å². The number of aromatic nitrogens is 2. The minimum atomic E-state index is -5.35. The van der Waals surface area contributed by atoms with Gasteiger partial charge >= 0.3 is 12.4 Å². The van der Waals surface area contributed by atoms with Crippen molar-refractivity contribution in [3.63, 3.8) is 0 Å². The van der Waals surface area contributed by atoms with Crippen molar-refractivity contribution >= 4 is 43.6 Å². The van der Waals surface area contributed by atoms with Gasteiger partial charge in [-0.15, -0.1) is 0 Å². The fourth-order valence-electron chi connectivity index (χ4n) is 12.4. The molecular weight excluding hydrogens is 1190 g/mol. The standard InChI is InChI=1S/C77H33F6N11/c78-76(79,80)68-2-1-3-69(77(81,82)83)75(68)61-10-9-60(93-70-12-5-52(56-20-44(35-85)16-45(21-56)36-86)29-64(70)65-30-53(6-13-71(65)93)57-22-46(37-87)17-47(23-57)38-88)33-62(61)63-28-43(34-84)4-11-72(63)94-73-14-7-54(58-24-48(39-89)18-49(25-58)40-90)31-66(73)67-32-55(8-15-74(67)94)59-26-50(41-91)19-51(27-59)42-92/h1-33H. The molecule has 0 atom stereocenters. The minimum absolute atomic E-state index is 0.00963. The molecule has 0 aliphatic carbocycles. The van der Waals surface area contributed by atoms with E-state index in [2.05, 4.69) is 54.6 Å². The van der Waals surface area contributed by atoms with Crippen LogP contribution in [0.2, 0.25) is 0 Å². The molecule has 0 saturated carbocycles. The number of fused-ring (bicyclic) bond motifs is 6. The summed E-state index contributed by atoms with van der Waals surface area (Å²) in [6.45, 7) is 0. The van der Waals surface area contributed by atoms with Gasteiger partial charge < -0.3 is 9.13 Å². The second kappa shape index (κ2) is 22.9. The topological polar surface area (TPSA) is 224 Å². The molecule has 0 amide bonds. The van der Waals surface area contributed by atoms with Crippen LogP contribution in [0.5, 0.6) is 0 Å². The third-order valence-corrected chi connectivity index (χ3v) is 16.5. The first-order valence-electron chi connectivity index (χ1n) is 28.3. The van der Waals surface area contributed by atoms with E-state index in [0.717, 1.165) is 0 Å². The molecule has 11 aromatic carbocycles. The molecule has 11 nitrogen and oxygen atoms in total. The number of nitrogens with zero attached hydrogens (tertiary/aromatic N) is 11. The number of halogens is 6. The predicted molar refractivity (Wildman–Crippen MR) is 340 cm³/mol. The van der Waals surface area contributed by atoms with Gasteiger partial charge in [0.2, 0.25) is 0 Å². The van der Waals surface area contributed by atoms with E-state index >= 15 is 26.3 Å². The average molecular weight is 1230 g/mol. The van der Waals surface area contributed by atoms with Crippen LogP contribution in [-0.4, -0.2) is 9.13 Å². The largest absolute Gasteiger partial charge is 0.417 e. The van der Waals surface area contributed by atoms with Crippen LogP contribution in [0, 0.1) is 102 Å². The highest BCUT2D eigenvalue weighted by molar-refractivity contribution is 6.14. The molecule has 2 aromatic heterocycles. The Morgan fingerprint density at radius 1 is 0.255 bits per heavy atom. The molecule has 13 rings (SSSR count). The fourth-order valence-corrected chi connectivity index (χ4v) is 12.4. The van der Waals surface area contributed by atoms with Gasteiger partial charge in [-0.1, -0.05) is 36.4 Å². The highest BCUT2D eigenvalue weighted by atomic mass is 19.4. The summed E-state index contributed by atoms with van der Waals surface area (Å²) < 4.78 is 97.6. The van der Waals surface area contributed by atoms with E-state index in [1.807, 2.05) is 24.3 Å². The van der Waals surface area contributed by atoms with Crippen LogP contribution in [0.25, 0.3) is 122 Å². The maximum absolute atomic E-state index is 15.7. The van der Waals surface area contributed by atoms with Gasteiger partial charge in [0.1, 0.15) is 0 Å². The van der Waals surface area contributed by atoms with Crippen LogP contribution in [-0.2, 0) is 12.4 Å². The highest BCUT2D eigenvalue weighted by Gasteiger charge is 2.42. The van der Waals surface area contributed by atoms with E-state index < -0.39 is 34.6 Å². The van der Waals surface area contributed by atoms with Crippen LogP contribution in [0.1, 0.15) is 61.2 Å². The molecule has 13 aromatic rings. The minimum Gasteiger partial charge on any atom is -0.309 e. The van der Waals surface area contributed by atoms with Crippen molar-refractivity contribution in [1.82, 2.24) is 9.13 Å². The SMILES string of the molecule is N#Cc1cc(C#N)cc(-c2ccc3c(c2)c2cc(-c4cc(C#N)cc(C#N)c4)ccc2n3-c2ccc(-c3c(C(F)(F)F)cccc3C(F)(F)F)c(-c3cc(C#N)ccc3-n3c4ccc(-c5cc(C#N)cc(C#N)c5)cc4c4cc(-c5cc(C#N)cc(C#N)c5)ccc43)c2)c1. The first-order chi connectivity index (χ1) is 45.4. The lowest BCUT2D eigenvalue weighted by Crippen LogP contribution is -2.14. The normalized spacial score (nSPS) is 11.2. The van der Waals surface area contributed by atoms with Crippen molar-refractivity contribution in [3.8, 4) is 133 Å². The number of benzene rings is 11. The number of alkyl halides is 6. The molecule has 94 heavy (non-hydrogen) atoms. The molecule has 17 heteroatoms. The fraction of sp³-hybridized carbons (Fsp3) is 0.0260. The van der Waals surface area contributed by atoms with Gasteiger partial charge in [-0.2, -0.15) is 73.7 Å². The molecule has 0 N–H and O–H groups in total. The first kappa shape index (κ1) is 59.0. The molecule has 0 aliphatic heterocycles. The summed E-state index contributed by atoms with van der Waals surface area (Å²) in [7, 11) is 0. The monoisotopic (exact) mass is 1230 g/mol. The Bertz CT molecular complexity index is 5490. The van der Waals surface area contributed by atoms with Crippen molar-refractivity contribution in [2.45, 2.75) is 12.4 Å². The number of hydrogen-bond donors (Lipinski definition) is 0. The lowest BCUT2D eigenvalue weighted by molar-refractivity contribution is -0.142. The molecule has 2 heterocycles. The second-order valence-corrected chi connectivity index (χ2v) is 22.0. The van der Waals surface area contributed by atoms with E-state index in [1.54, 1.807) is 112 Å². The van der Waals surface area contributed by atoms with Crippen LogP contribution < -0.4 is 0 Å². The molecule has 0 bridgehead atoms. The molecule has 0 fully saturated rings. The zero-order chi connectivity index (χ0) is 65.9. The summed E-state index contributed by atoms with van der Waals surface area (Å²) in [5, 5.41) is 92.8. The number of hydrogen-bond acceptors (Lipinski definition) is 9. The zero-order valence-corrected chi connectivity index (χ0v) is 48.2. The Morgan fingerprint density at radius 2 is 0.574 bits per heavy atom. The summed E-state index contributed by atoms with van der Waals surface area (Å²) in [6, 6.07) is 69.1. The maximum atomic E-state index is 15.7. The quantitative estimate of drug-likeness (QED) is 0.132. The average Bonchev–Trinajstić information content (AvgIpc) is 1.55. The van der Waals surface area contributed by atoms with Crippen molar-refractivity contribution in [1.29, 1.82) is 47.4 Å². The molecule has 0 spiro atoms. The Labute approximate surface area is 530 Å². The number of rotatable bonds is 8. The van der Waals surface area contributed by atoms with Gasteiger partial charge in [-0.25, -0.2) is 0 Å². The van der Waals surface area contributed by atoms with Gasteiger partial charge in [-0.3, -0.25) is 0 Å². The van der Waals surface area contributed by atoms with E-state index in [9.17, 15) is 47.4 Å². The van der Waals surface area contributed by atoms with Crippen LogP contribution in [0.15, 0.2) is 200 Å². The highest BCUT2D eigenvalue weighted by Crippen LogP contribution is 2.50. The van der Waals surface area contributed by atoms with Crippen molar-refractivity contribution in [3.05, 3.63) is 261 Å². The van der Waals surface area contributed by atoms with Gasteiger partial charge in [0.05, 0.1) is 144 Å². The summed E-state index contributed by atoms with van der Waals surface area (Å²) in [4.78, 5) is 0. The van der Waals surface area contributed by atoms with Crippen LogP contribution in [0.3, 0.4) is 0 Å². The molecule has 0 radical (unpaired) electrons. The molecule has 438 valence electrons. The summed E-state index contributed by atoms with van der Waals surface area (Å²) in [5.41, 5.74) is 3.12. The lowest BCUT2D eigenvalue weighted by Gasteiger charge is -2.23. The van der Waals surface area contributed by atoms with Crippen LogP contribution in [0.4, 0.5) is 26.3 Å². The zero-order valence-electron chi connectivity index (χ0n) is 48.2. The van der Waals surface area contributed by atoms with E-state index in [-0.39, 0.29) is 72.6 Å². The Morgan fingerprint density at radius 3 is 0.883 bits per heavy atom. The molecule has 0 aliphatic rings. The molecule has 0 unspecified atom stereocenters. The van der Waals surface area contributed by atoms with Gasteiger partial charge in [-0.05, 0) is 219 Å². The van der Waals surface area contributed by atoms with Gasteiger partial charge in [0.25, 0.3) is 0 Å². The smallest absolute Gasteiger partial charge is 0.309 e. The predicted octanol–water partition coefficient (Wildman–Crippen LogP) is 18.8. The van der Waals surface area contributed by atoms with Crippen LogP contribution >= 0.6 is 0 Å². The van der Waals surface area contributed by atoms with Gasteiger partial charge in [0.15, 0.2) is 0 Å². The third-order valence-electron chi connectivity index (χ3n) is 16.5. The van der Waals surface area contributed by atoms with E-state index in [4.69, 9.17) is 0 Å². The van der Waals surface area contributed by atoms with Crippen molar-refractivity contribution < 1.29 is 26.3 Å². The molecule has 0 saturated heterocycles. The van der Waals surface area contributed by atoms with E-state index in [1.165, 1.54) is 54.6 Å². The maximum Gasteiger partial charge on any atom is 0.417 e. The number of nitriles is 9. The Kier molecular flexibility index (Phi) is 14.4.